The number of aromatic hydroxyl groups is 2. The van der Waals surface area contributed by atoms with Gasteiger partial charge in [0, 0.05) is 6.07 Å². The maximum absolute atomic E-state index is 9.52. The van der Waals surface area contributed by atoms with Gasteiger partial charge in [0.1, 0.15) is 17.8 Å². The minimum Gasteiger partial charge on any atom is -0.508 e. The average molecular weight is 209 g/mol. The van der Waals surface area contributed by atoms with Crippen molar-refractivity contribution in [2.45, 2.75) is 0 Å². The molecule has 0 bridgehead atoms. The highest BCUT2D eigenvalue weighted by molar-refractivity contribution is 7.71. The number of phenolic OH excluding ortho intramolecular Hbond substituents is 2. The van der Waals surface area contributed by atoms with E-state index in [1.807, 2.05) is 0 Å². The Hall–Kier alpha value is -1.82. The van der Waals surface area contributed by atoms with Crippen molar-refractivity contribution in [2.75, 3.05) is 0 Å². The van der Waals surface area contributed by atoms with Gasteiger partial charge < -0.3 is 10.2 Å². The fourth-order valence-electron chi connectivity index (χ4n) is 1.14. The molecule has 0 aliphatic rings. The van der Waals surface area contributed by atoms with Gasteiger partial charge >= 0.3 is 0 Å². The molecule has 72 valence electrons. The second-order valence-electron chi connectivity index (χ2n) is 2.70. The summed E-state index contributed by atoms with van der Waals surface area (Å²) in [5.41, 5.74) is 0.474. The summed E-state index contributed by atoms with van der Waals surface area (Å²) in [5.74, 6) is -0.0521. The Kier molecular flexibility index (Phi) is 1.97. The van der Waals surface area contributed by atoms with Gasteiger partial charge in [0.05, 0.1) is 5.69 Å². The van der Waals surface area contributed by atoms with Gasteiger partial charge in [-0.05, 0) is 24.4 Å². The van der Waals surface area contributed by atoms with Crippen LogP contribution >= 0.6 is 12.2 Å². The van der Waals surface area contributed by atoms with Gasteiger partial charge in [0.25, 0.3) is 0 Å². The highest BCUT2D eigenvalue weighted by Crippen LogP contribution is 2.25. The van der Waals surface area contributed by atoms with E-state index in [-0.39, 0.29) is 11.5 Å². The summed E-state index contributed by atoms with van der Waals surface area (Å²) in [6.45, 7) is 0. The first-order chi connectivity index (χ1) is 6.68. The minimum atomic E-state index is -0.0532. The SMILES string of the molecule is Oc1ccc(-n2cn[nH]c2=S)c(O)c1. The second kappa shape index (κ2) is 3.15. The number of nitrogens with zero attached hydrogens (tertiary/aromatic N) is 2. The zero-order valence-electron chi connectivity index (χ0n) is 7.01. The standard InChI is InChI=1S/C8H7N3O2S/c12-5-1-2-6(7(13)3-5)11-4-9-10-8(11)14/h1-4,12-13H,(H,10,14). The third kappa shape index (κ3) is 1.35. The van der Waals surface area contributed by atoms with Crippen molar-refractivity contribution in [3.05, 3.63) is 29.3 Å². The summed E-state index contributed by atoms with van der Waals surface area (Å²) in [6.07, 6.45) is 1.45. The van der Waals surface area contributed by atoms with Crippen LogP contribution in [0.1, 0.15) is 0 Å². The molecule has 0 amide bonds. The summed E-state index contributed by atoms with van der Waals surface area (Å²) >= 11 is 4.93. The van der Waals surface area contributed by atoms with Crippen molar-refractivity contribution in [2.24, 2.45) is 0 Å². The molecule has 0 unspecified atom stereocenters. The Balaban J connectivity index is 2.63. The summed E-state index contributed by atoms with van der Waals surface area (Å²) in [6, 6.07) is 4.25. The maximum Gasteiger partial charge on any atom is 0.199 e. The van der Waals surface area contributed by atoms with Crippen molar-refractivity contribution in [3.8, 4) is 17.2 Å². The molecule has 1 aromatic carbocycles. The second-order valence-corrected chi connectivity index (χ2v) is 3.09. The van der Waals surface area contributed by atoms with Crippen LogP contribution < -0.4 is 0 Å². The van der Waals surface area contributed by atoms with E-state index in [0.29, 0.717) is 10.5 Å². The van der Waals surface area contributed by atoms with Crippen LogP contribution in [0.5, 0.6) is 11.5 Å². The van der Waals surface area contributed by atoms with Crippen molar-refractivity contribution in [3.63, 3.8) is 0 Å². The van der Waals surface area contributed by atoms with Crippen LogP contribution in [-0.2, 0) is 0 Å². The van der Waals surface area contributed by atoms with E-state index in [4.69, 9.17) is 17.3 Å². The number of phenols is 2. The van der Waals surface area contributed by atoms with Gasteiger partial charge in [-0.1, -0.05) is 0 Å². The molecule has 0 aliphatic carbocycles. The number of aromatic nitrogens is 3. The average Bonchev–Trinajstić information content (AvgIpc) is 2.52. The van der Waals surface area contributed by atoms with Crippen LogP contribution in [0.15, 0.2) is 24.5 Å². The first-order valence-corrected chi connectivity index (χ1v) is 4.23. The summed E-state index contributed by atoms with van der Waals surface area (Å²) in [4.78, 5) is 0. The molecule has 0 spiro atoms. The summed E-state index contributed by atoms with van der Waals surface area (Å²) in [5, 5.41) is 24.9. The largest absolute Gasteiger partial charge is 0.508 e. The van der Waals surface area contributed by atoms with E-state index >= 15 is 0 Å². The van der Waals surface area contributed by atoms with E-state index in [1.54, 1.807) is 6.07 Å². The molecule has 1 heterocycles. The molecule has 0 atom stereocenters. The van der Waals surface area contributed by atoms with Gasteiger partial charge in [0.15, 0.2) is 4.77 Å². The van der Waals surface area contributed by atoms with Gasteiger partial charge in [0.2, 0.25) is 0 Å². The number of hydrogen-bond donors (Lipinski definition) is 3. The predicted octanol–water partition coefficient (Wildman–Crippen LogP) is 1.34. The fraction of sp³-hybridized carbons (Fsp3) is 0. The number of benzene rings is 1. The summed E-state index contributed by atoms with van der Waals surface area (Å²) < 4.78 is 1.88. The normalized spacial score (nSPS) is 10.3. The third-order valence-corrected chi connectivity index (χ3v) is 2.06. The Bertz CT molecular complexity index is 517. The van der Waals surface area contributed by atoms with Crippen molar-refractivity contribution in [1.82, 2.24) is 14.8 Å². The van der Waals surface area contributed by atoms with Crippen molar-refractivity contribution >= 4 is 12.2 Å². The van der Waals surface area contributed by atoms with Gasteiger partial charge in [-0.2, -0.15) is 5.10 Å². The molecule has 6 heteroatoms. The lowest BCUT2D eigenvalue weighted by molar-refractivity contribution is 0.448. The Morgan fingerprint density at radius 2 is 2.14 bits per heavy atom. The number of aromatic amines is 1. The molecule has 3 N–H and O–H groups in total. The highest BCUT2D eigenvalue weighted by Gasteiger charge is 2.05. The lowest BCUT2D eigenvalue weighted by atomic mass is 10.3. The van der Waals surface area contributed by atoms with E-state index in [0.717, 1.165) is 0 Å². The van der Waals surface area contributed by atoms with Gasteiger partial charge in [-0.3, -0.25) is 9.67 Å². The van der Waals surface area contributed by atoms with Crippen molar-refractivity contribution in [1.29, 1.82) is 0 Å². The zero-order chi connectivity index (χ0) is 10.1. The van der Waals surface area contributed by atoms with E-state index < -0.39 is 0 Å². The Morgan fingerprint density at radius 3 is 2.71 bits per heavy atom. The van der Waals surface area contributed by atoms with Crippen LogP contribution in [0.4, 0.5) is 0 Å². The molecule has 14 heavy (non-hydrogen) atoms. The Labute approximate surface area is 84.3 Å². The molecule has 0 saturated carbocycles. The lowest BCUT2D eigenvalue weighted by Gasteiger charge is -2.04. The number of rotatable bonds is 1. The molecule has 2 rings (SSSR count). The molecule has 0 saturated heterocycles. The fourth-order valence-corrected chi connectivity index (χ4v) is 1.33. The minimum absolute atomic E-state index is 0.00117. The van der Waals surface area contributed by atoms with Crippen molar-refractivity contribution < 1.29 is 10.2 Å². The third-order valence-electron chi connectivity index (χ3n) is 1.77. The molecule has 0 fully saturated rings. The lowest BCUT2D eigenvalue weighted by Crippen LogP contribution is -1.92. The van der Waals surface area contributed by atoms with Crippen LogP contribution in [0.3, 0.4) is 0 Å². The molecule has 1 aromatic heterocycles. The quantitative estimate of drug-likeness (QED) is 0.619. The first kappa shape index (κ1) is 8.76. The highest BCUT2D eigenvalue weighted by atomic mass is 32.1. The smallest absolute Gasteiger partial charge is 0.199 e. The molecule has 5 nitrogen and oxygen atoms in total. The number of nitrogens with one attached hydrogen (secondary N) is 1. The van der Waals surface area contributed by atoms with E-state index in [1.165, 1.54) is 23.0 Å². The summed E-state index contributed by atoms with van der Waals surface area (Å²) in [7, 11) is 0. The first-order valence-electron chi connectivity index (χ1n) is 3.83. The van der Waals surface area contributed by atoms with E-state index in [2.05, 4.69) is 10.2 Å². The Morgan fingerprint density at radius 1 is 1.36 bits per heavy atom. The molecule has 0 radical (unpaired) electrons. The van der Waals surface area contributed by atoms with Crippen LogP contribution in [-0.4, -0.2) is 25.0 Å². The van der Waals surface area contributed by atoms with Crippen LogP contribution in [0, 0.1) is 4.77 Å². The topological polar surface area (TPSA) is 74.1 Å². The molecular weight excluding hydrogens is 202 g/mol. The molecular formula is C8H7N3O2S. The maximum atomic E-state index is 9.52. The molecule has 2 aromatic rings. The van der Waals surface area contributed by atoms with Gasteiger partial charge in [-0.25, -0.2) is 0 Å². The van der Waals surface area contributed by atoms with E-state index in [9.17, 15) is 5.11 Å². The van der Waals surface area contributed by atoms with Crippen LogP contribution in [0.25, 0.3) is 5.69 Å². The monoisotopic (exact) mass is 209 g/mol. The van der Waals surface area contributed by atoms with Crippen LogP contribution in [0.2, 0.25) is 0 Å². The zero-order valence-corrected chi connectivity index (χ0v) is 7.82. The number of H-pyrrole nitrogens is 1. The number of hydrogen-bond acceptors (Lipinski definition) is 4. The molecule has 0 aliphatic heterocycles. The van der Waals surface area contributed by atoms with Gasteiger partial charge in [-0.15, -0.1) is 0 Å². The predicted molar refractivity (Wildman–Crippen MR) is 52.1 cm³/mol.